The molecule has 2 N–H and O–H groups in total. The molecule has 8 heteroatoms. The largest absolute Gasteiger partial charge is 0.356 e. The van der Waals surface area contributed by atoms with Gasteiger partial charge in [0.05, 0.1) is 6.54 Å². The Balaban J connectivity index is 0.00000484. The van der Waals surface area contributed by atoms with Gasteiger partial charge in [-0.25, -0.2) is 9.98 Å². The molecule has 0 aliphatic rings. The molecular formula is C15H28IN5OS. The zero-order valence-corrected chi connectivity index (χ0v) is 17.7. The van der Waals surface area contributed by atoms with Crippen LogP contribution in [0.4, 0.5) is 0 Å². The van der Waals surface area contributed by atoms with Gasteiger partial charge >= 0.3 is 0 Å². The van der Waals surface area contributed by atoms with E-state index in [9.17, 15) is 4.79 Å². The zero-order valence-electron chi connectivity index (χ0n) is 14.5. The molecule has 0 aromatic carbocycles. The second-order valence-corrected chi connectivity index (χ2v) is 6.85. The molecule has 0 saturated carbocycles. The maximum Gasteiger partial charge on any atom is 0.243 e. The highest BCUT2D eigenvalue weighted by atomic mass is 127. The van der Waals surface area contributed by atoms with Gasteiger partial charge in [0.1, 0.15) is 11.6 Å². The van der Waals surface area contributed by atoms with E-state index < -0.39 is 0 Å². The highest BCUT2D eigenvalue weighted by Gasteiger charge is 2.06. The molecule has 0 aliphatic carbocycles. The van der Waals surface area contributed by atoms with Crippen molar-refractivity contribution < 1.29 is 4.79 Å². The quantitative estimate of drug-likeness (QED) is 0.377. The van der Waals surface area contributed by atoms with Gasteiger partial charge in [-0.2, -0.15) is 0 Å². The van der Waals surface area contributed by atoms with Crippen LogP contribution < -0.4 is 10.6 Å². The van der Waals surface area contributed by atoms with Crippen LogP contribution in [0.3, 0.4) is 0 Å². The molecule has 0 unspecified atom stereocenters. The molecular weight excluding hydrogens is 425 g/mol. The van der Waals surface area contributed by atoms with E-state index in [2.05, 4.69) is 41.4 Å². The van der Waals surface area contributed by atoms with Crippen LogP contribution in [0, 0.1) is 5.92 Å². The fourth-order valence-electron chi connectivity index (χ4n) is 1.52. The molecule has 1 heterocycles. The first-order valence-electron chi connectivity index (χ1n) is 7.58. The first-order valence-corrected chi connectivity index (χ1v) is 8.40. The summed E-state index contributed by atoms with van der Waals surface area (Å²) in [4.78, 5) is 23.2. The van der Waals surface area contributed by atoms with Crippen molar-refractivity contribution in [2.45, 2.75) is 33.7 Å². The van der Waals surface area contributed by atoms with Crippen LogP contribution in [-0.2, 0) is 17.8 Å². The summed E-state index contributed by atoms with van der Waals surface area (Å²) in [6.45, 7) is 7.94. The summed E-state index contributed by atoms with van der Waals surface area (Å²) >= 11 is 1.70. The molecule has 132 valence electrons. The van der Waals surface area contributed by atoms with Crippen LogP contribution in [0.2, 0.25) is 0 Å². The number of aliphatic imine (C=N–C) groups is 1. The van der Waals surface area contributed by atoms with Crippen LogP contribution in [0.5, 0.6) is 0 Å². The maximum absolute atomic E-state index is 11.7. The molecule has 1 amide bonds. The monoisotopic (exact) mass is 453 g/mol. The Labute approximate surface area is 160 Å². The number of likely N-dealkylation sites (N-methyl/N-ethyl adjacent to an activating group) is 1. The molecule has 0 radical (unpaired) electrons. The number of hydrogen-bond donors (Lipinski definition) is 2. The topological polar surface area (TPSA) is 69.6 Å². The Morgan fingerprint density at radius 3 is 2.61 bits per heavy atom. The van der Waals surface area contributed by atoms with E-state index in [4.69, 9.17) is 0 Å². The van der Waals surface area contributed by atoms with E-state index in [0.29, 0.717) is 18.4 Å². The minimum Gasteiger partial charge on any atom is -0.356 e. The third-order valence-corrected chi connectivity index (χ3v) is 4.05. The standard InChI is InChI=1S/C15H27N5OS.HI/c1-6-12-8-16-13(22-12)9-18-15(17-7-11(2)3)19-10-14(21)20(4)5;/h8,11H,6-7,9-10H2,1-5H3,(H2,17,18,19);1H. The van der Waals surface area contributed by atoms with Gasteiger partial charge in [-0.05, 0) is 12.3 Å². The van der Waals surface area contributed by atoms with Gasteiger partial charge < -0.3 is 15.5 Å². The van der Waals surface area contributed by atoms with Gasteiger partial charge in [0.2, 0.25) is 5.91 Å². The Morgan fingerprint density at radius 2 is 2.09 bits per heavy atom. The summed E-state index contributed by atoms with van der Waals surface area (Å²) in [7, 11) is 3.46. The summed E-state index contributed by atoms with van der Waals surface area (Å²) < 4.78 is 0. The van der Waals surface area contributed by atoms with E-state index >= 15 is 0 Å². The normalized spacial score (nSPS) is 11.1. The number of halogens is 1. The molecule has 1 rings (SSSR count). The van der Waals surface area contributed by atoms with Crippen LogP contribution in [0.1, 0.15) is 30.7 Å². The average Bonchev–Trinajstić information content (AvgIpc) is 2.93. The first-order chi connectivity index (χ1) is 10.4. The van der Waals surface area contributed by atoms with Crippen LogP contribution in [0.15, 0.2) is 11.2 Å². The summed E-state index contributed by atoms with van der Waals surface area (Å²) in [6.07, 6.45) is 2.91. The average molecular weight is 453 g/mol. The SMILES string of the molecule is CCc1cnc(CNC(=NCC(=O)N(C)C)NCC(C)C)s1.I. The number of rotatable bonds is 7. The lowest BCUT2D eigenvalue weighted by Crippen LogP contribution is -2.39. The fourth-order valence-corrected chi connectivity index (χ4v) is 2.32. The number of thiazole rings is 1. The molecule has 0 saturated heterocycles. The number of hydrogen-bond acceptors (Lipinski definition) is 4. The van der Waals surface area contributed by atoms with Crippen LogP contribution >= 0.6 is 35.3 Å². The molecule has 1 aromatic rings. The number of guanidine groups is 1. The second-order valence-electron chi connectivity index (χ2n) is 5.66. The predicted molar refractivity (Wildman–Crippen MR) is 108 cm³/mol. The van der Waals surface area contributed by atoms with E-state index in [-0.39, 0.29) is 36.4 Å². The second kappa shape index (κ2) is 11.6. The number of aryl methyl sites for hydroxylation is 1. The number of amides is 1. The van der Waals surface area contributed by atoms with Crippen molar-refractivity contribution in [1.29, 1.82) is 0 Å². The van der Waals surface area contributed by atoms with Crippen molar-refractivity contribution in [2.75, 3.05) is 27.2 Å². The molecule has 0 fully saturated rings. The van der Waals surface area contributed by atoms with E-state index in [1.807, 2.05) is 6.20 Å². The molecule has 0 spiro atoms. The number of nitrogens with one attached hydrogen (secondary N) is 2. The van der Waals surface area contributed by atoms with Gasteiger partial charge in [0.25, 0.3) is 0 Å². The molecule has 0 aliphatic heterocycles. The van der Waals surface area contributed by atoms with Crippen molar-refractivity contribution in [3.63, 3.8) is 0 Å². The lowest BCUT2D eigenvalue weighted by atomic mass is 10.2. The number of nitrogens with zero attached hydrogens (tertiary/aromatic N) is 3. The van der Waals surface area contributed by atoms with Crippen LogP contribution in [0.25, 0.3) is 0 Å². The van der Waals surface area contributed by atoms with Gasteiger partial charge in [-0.1, -0.05) is 20.8 Å². The lowest BCUT2D eigenvalue weighted by Gasteiger charge is -2.14. The highest BCUT2D eigenvalue weighted by Crippen LogP contribution is 2.12. The smallest absolute Gasteiger partial charge is 0.243 e. The molecule has 23 heavy (non-hydrogen) atoms. The van der Waals surface area contributed by atoms with Gasteiger partial charge in [0.15, 0.2) is 5.96 Å². The number of carbonyl (C=O) groups excluding carboxylic acids is 1. The Bertz CT molecular complexity index is 502. The van der Waals surface area contributed by atoms with Crippen molar-refractivity contribution >= 4 is 47.2 Å². The zero-order chi connectivity index (χ0) is 16.5. The molecule has 0 bridgehead atoms. The van der Waals surface area contributed by atoms with Crippen LogP contribution in [-0.4, -0.2) is 48.9 Å². The van der Waals surface area contributed by atoms with Gasteiger partial charge in [-0.15, -0.1) is 35.3 Å². The maximum atomic E-state index is 11.7. The van der Waals surface area contributed by atoms with Crippen molar-refractivity contribution in [3.8, 4) is 0 Å². The van der Waals surface area contributed by atoms with Crippen molar-refractivity contribution in [2.24, 2.45) is 10.9 Å². The summed E-state index contributed by atoms with van der Waals surface area (Å²) in [5.74, 6) is 1.13. The minimum absolute atomic E-state index is 0. The third kappa shape index (κ3) is 9.09. The minimum atomic E-state index is -0.0202. The Hall–Kier alpha value is -0.900. The fraction of sp³-hybridized carbons (Fsp3) is 0.667. The van der Waals surface area contributed by atoms with Crippen molar-refractivity contribution in [3.05, 3.63) is 16.1 Å². The Morgan fingerprint density at radius 1 is 1.39 bits per heavy atom. The molecule has 0 atom stereocenters. The van der Waals surface area contributed by atoms with E-state index in [1.54, 1.807) is 25.4 Å². The summed E-state index contributed by atoms with van der Waals surface area (Å²) in [6, 6.07) is 0. The number of aromatic nitrogens is 1. The molecule has 1 aromatic heterocycles. The first kappa shape index (κ1) is 22.1. The summed E-state index contributed by atoms with van der Waals surface area (Å²) in [5.41, 5.74) is 0. The number of carbonyl (C=O) groups is 1. The van der Waals surface area contributed by atoms with E-state index in [1.165, 1.54) is 9.78 Å². The van der Waals surface area contributed by atoms with Crippen molar-refractivity contribution in [1.82, 2.24) is 20.5 Å². The predicted octanol–water partition coefficient (Wildman–Crippen LogP) is 2.10. The van der Waals surface area contributed by atoms with Gasteiger partial charge in [0, 0.05) is 31.7 Å². The van der Waals surface area contributed by atoms with Gasteiger partial charge in [-0.3, -0.25) is 4.79 Å². The third-order valence-electron chi connectivity index (χ3n) is 2.91. The highest BCUT2D eigenvalue weighted by molar-refractivity contribution is 14.0. The Kier molecular flexibility index (Phi) is 11.2. The molecule has 6 nitrogen and oxygen atoms in total. The summed E-state index contributed by atoms with van der Waals surface area (Å²) in [5, 5.41) is 7.51. The van der Waals surface area contributed by atoms with E-state index in [0.717, 1.165) is 18.0 Å². The lowest BCUT2D eigenvalue weighted by molar-refractivity contribution is -0.127.